The van der Waals surface area contributed by atoms with Gasteiger partial charge in [-0.2, -0.15) is 0 Å². The predicted molar refractivity (Wildman–Crippen MR) is 112 cm³/mol. The number of nitrogens with zero attached hydrogens (tertiary/aromatic N) is 1. The van der Waals surface area contributed by atoms with E-state index in [4.69, 9.17) is 25.7 Å². The van der Waals surface area contributed by atoms with Crippen LogP contribution in [0.3, 0.4) is 0 Å². The average molecular weight is 424 g/mol. The van der Waals surface area contributed by atoms with E-state index in [-0.39, 0.29) is 32.3 Å². The standard InChI is InChI=1S/C21H33N3O6/c1-5-21(4,30-12-16-8-6-15(2)7-9-16)18(27)29-14-20(3,13-25)17(26)28-11-10-24-19(22)23/h6-9,25H,5,10-14H2,1-4H3,(H4,22,23,24). The Kier molecular flexibility index (Phi) is 9.74. The SMILES string of the molecule is CCC(C)(OCc1ccc(C)cc1)C(=O)OCC(C)(CO)C(=O)OCCN=C(N)N. The lowest BCUT2D eigenvalue weighted by Crippen LogP contribution is -2.44. The molecule has 9 nitrogen and oxygen atoms in total. The van der Waals surface area contributed by atoms with Gasteiger partial charge >= 0.3 is 11.9 Å². The molecule has 0 saturated carbocycles. The fourth-order valence-corrected chi connectivity index (χ4v) is 2.27. The first-order valence-electron chi connectivity index (χ1n) is 9.76. The second kappa shape index (κ2) is 11.5. The van der Waals surface area contributed by atoms with Crippen molar-refractivity contribution < 1.29 is 28.9 Å². The number of hydrogen-bond donors (Lipinski definition) is 3. The number of guanidine groups is 1. The van der Waals surface area contributed by atoms with Gasteiger partial charge in [0.05, 0.1) is 19.8 Å². The molecule has 0 fully saturated rings. The van der Waals surface area contributed by atoms with Crippen molar-refractivity contribution in [3.8, 4) is 0 Å². The lowest BCUT2D eigenvalue weighted by atomic mass is 9.93. The first-order chi connectivity index (χ1) is 14.1. The van der Waals surface area contributed by atoms with Crippen molar-refractivity contribution in [1.82, 2.24) is 0 Å². The van der Waals surface area contributed by atoms with E-state index in [0.717, 1.165) is 11.1 Å². The van der Waals surface area contributed by atoms with E-state index in [1.165, 1.54) is 6.92 Å². The Morgan fingerprint density at radius 1 is 1.10 bits per heavy atom. The number of aryl methyl sites for hydroxylation is 1. The summed E-state index contributed by atoms with van der Waals surface area (Å²) in [4.78, 5) is 28.7. The van der Waals surface area contributed by atoms with Gasteiger partial charge in [0.25, 0.3) is 0 Å². The maximum atomic E-state index is 12.7. The molecule has 0 spiro atoms. The van der Waals surface area contributed by atoms with Crippen LogP contribution < -0.4 is 11.5 Å². The topological polar surface area (TPSA) is 146 Å². The van der Waals surface area contributed by atoms with E-state index < -0.39 is 29.6 Å². The minimum Gasteiger partial charge on any atom is -0.463 e. The van der Waals surface area contributed by atoms with Crippen molar-refractivity contribution in [3.63, 3.8) is 0 Å². The van der Waals surface area contributed by atoms with Crippen LogP contribution in [0.25, 0.3) is 0 Å². The molecule has 1 aromatic rings. The van der Waals surface area contributed by atoms with Crippen molar-refractivity contribution in [1.29, 1.82) is 0 Å². The number of aliphatic hydroxyl groups is 1. The van der Waals surface area contributed by atoms with E-state index in [1.807, 2.05) is 31.2 Å². The second-order valence-corrected chi connectivity index (χ2v) is 7.60. The molecule has 5 N–H and O–H groups in total. The molecule has 168 valence electrons. The van der Waals surface area contributed by atoms with E-state index >= 15 is 0 Å². The zero-order valence-electron chi connectivity index (χ0n) is 18.1. The summed E-state index contributed by atoms with van der Waals surface area (Å²) in [6.45, 7) is 6.22. The average Bonchev–Trinajstić information content (AvgIpc) is 2.73. The van der Waals surface area contributed by atoms with Crippen LogP contribution in [0.1, 0.15) is 38.3 Å². The van der Waals surface area contributed by atoms with Crippen LogP contribution in [0.15, 0.2) is 29.3 Å². The van der Waals surface area contributed by atoms with Gasteiger partial charge in [-0.1, -0.05) is 36.8 Å². The Morgan fingerprint density at radius 3 is 2.27 bits per heavy atom. The van der Waals surface area contributed by atoms with Crippen molar-refractivity contribution in [3.05, 3.63) is 35.4 Å². The molecule has 0 aliphatic carbocycles. The van der Waals surface area contributed by atoms with Gasteiger partial charge in [-0.15, -0.1) is 0 Å². The monoisotopic (exact) mass is 423 g/mol. The highest BCUT2D eigenvalue weighted by Crippen LogP contribution is 2.24. The first kappa shape index (κ1) is 25.4. The highest BCUT2D eigenvalue weighted by molar-refractivity contribution is 5.81. The van der Waals surface area contributed by atoms with Gasteiger partial charge in [0.15, 0.2) is 11.6 Å². The second-order valence-electron chi connectivity index (χ2n) is 7.60. The van der Waals surface area contributed by atoms with Crippen LogP contribution in [-0.4, -0.2) is 55.0 Å². The molecule has 30 heavy (non-hydrogen) atoms. The normalized spacial score (nSPS) is 14.8. The molecule has 2 unspecified atom stereocenters. The number of rotatable bonds is 12. The summed E-state index contributed by atoms with van der Waals surface area (Å²) >= 11 is 0. The predicted octanol–water partition coefficient (Wildman–Crippen LogP) is 1.04. The molecule has 0 saturated heterocycles. The number of hydrogen-bond acceptors (Lipinski definition) is 7. The fraction of sp³-hybridized carbons (Fsp3) is 0.571. The van der Waals surface area contributed by atoms with E-state index in [0.29, 0.717) is 6.42 Å². The third-order valence-corrected chi connectivity index (χ3v) is 4.77. The Hall–Kier alpha value is -2.65. The highest BCUT2D eigenvalue weighted by atomic mass is 16.6. The molecule has 2 atom stereocenters. The van der Waals surface area contributed by atoms with Gasteiger partial charge in [0, 0.05) is 0 Å². The molecule has 0 bridgehead atoms. The van der Waals surface area contributed by atoms with Gasteiger partial charge in [-0.05, 0) is 32.8 Å². The molecule has 0 amide bonds. The van der Waals surface area contributed by atoms with E-state index in [9.17, 15) is 14.7 Å². The Morgan fingerprint density at radius 2 is 1.73 bits per heavy atom. The number of aliphatic hydroxyl groups excluding tert-OH is 1. The largest absolute Gasteiger partial charge is 0.463 e. The zero-order chi connectivity index (χ0) is 22.8. The van der Waals surface area contributed by atoms with Crippen LogP contribution in [-0.2, 0) is 30.4 Å². The van der Waals surface area contributed by atoms with Gasteiger partial charge in [-0.3, -0.25) is 9.79 Å². The minimum atomic E-state index is -1.42. The molecule has 0 heterocycles. The van der Waals surface area contributed by atoms with Gasteiger partial charge in [0.1, 0.15) is 18.6 Å². The number of benzene rings is 1. The number of carbonyl (C=O) groups is 2. The summed E-state index contributed by atoms with van der Waals surface area (Å²) in [6.07, 6.45) is 0.372. The smallest absolute Gasteiger partial charge is 0.338 e. The summed E-state index contributed by atoms with van der Waals surface area (Å²) in [5, 5.41) is 9.66. The number of carbonyl (C=O) groups excluding carboxylic acids is 2. The van der Waals surface area contributed by atoms with Crippen LogP contribution >= 0.6 is 0 Å². The van der Waals surface area contributed by atoms with Crippen LogP contribution in [0.4, 0.5) is 0 Å². The number of ether oxygens (including phenoxy) is 3. The van der Waals surface area contributed by atoms with E-state index in [2.05, 4.69) is 4.99 Å². The quantitative estimate of drug-likeness (QED) is 0.196. The molecule has 1 rings (SSSR count). The zero-order valence-corrected chi connectivity index (χ0v) is 18.1. The van der Waals surface area contributed by atoms with Crippen molar-refractivity contribution in [2.75, 3.05) is 26.4 Å². The van der Waals surface area contributed by atoms with Gasteiger partial charge < -0.3 is 30.8 Å². The van der Waals surface area contributed by atoms with Crippen molar-refractivity contribution in [2.24, 2.45) is 21.9 Å². The highest BCUT2D eigenvalue weighted by Gasteiger charge is 2.40. The van der Waals surface area contributed by atoms with Crippen LogP contribution in [0.5, 0.6) is 0 Å². The fourth-order valence-electron chi connectivity index (χ4n) is 2.27. The first-order valence-corrected chi connectivity index (χ1v) is 9.76. The number of esters is 2. The third-order valence-electron chi connectivity index (χ3n) is 4.77. The Bertz CT molecular complexity index is 733. The Labute approximate surface area is 177 Å². The molecule has 0 aliphatic rings. The van der Waals surface area contributed by atoms with Crippen molar-refractivity contribution in [2.45, 2.75) is 46.3 Å². The molecular formula is C21H33N3O6. The maximum absolute atomic E-state index is 12.7. The lowest BCUT2D eigenvalue weighted by molar-refractivity contribution is -0.181. The van der Waals surface area contributed by atoms with Gasteiger partial charge in [-0.25, -0.2) is 4.79 Å². The molecule has 1 aromatic carbocycles. The maximum Gasteiger partial charge on any atom is 0.338 e. The lowest BCUT2D eigenvalue weighted by Gasteiger charge is -2.30. The summed E-state index contributed by atoms with van der Waals surface area (Å²) in [5.74, 6) is -1.46. The molecular weight excluding hydrogens is 390 g/mol. The molecule has 0 radical (unpaired) electrons. The number of aliphatic imine (C=N–C) groups is 1. The molecule has 0 aromatic heterocycles. The van der Waals surface area contributed by atoms with Crippen molar-refractivity contribution >= 4 is 17.9 Å². The number of nitrogens with two attached hydrogens (primary N) is 2. The van der Waals surface area contributed by atoms with Gasteiger partial charge in [0.2, 0.25) is 0 Å². The summed E-state index contributed by atoms with van der Waals surface area (Å²) in [7, 11) is 0. The van der Waals surface area contributed by atoms with Crippen LogP contribution in [0.2, 0.25) is 0 Å². The molecule has 9 heteroatoms. The van der Waals surface area contributed by atoms with Crippen LogP contribution in [0, 0.1) is 12.3 Å². The summed E-state index contributed by atoms with van der Waals surface area (Å²) < 4.78 is 16.2. The minimum absolute atomic E-state index is 0.0629. The van der Waals surface area contributed by atoms with E-state index in [1.54, 1.807) is 13.8 Å². The summed E-state index contributed by atoms with van der Waals surface area (Å²) in [5.41, 5.74) is 9.85. The summed E-state index contributed by atoms with van der Waals surface area (Å²) in [6, 6.07) is 7.79. The Balaban J connectivity index is 2.65. The third kappa shape index (κ3) is 7.64. The molecule has 0 aliphatic heterocycles.